The quantitative estimate of drug-likeness (QED) is 0.615. The largest absolute Gasteiger partial charge is 0.246 e. The zero-order chi connectivity index (χ0) is 12.5. The van der Waals surface area contributed by atoms with Crippen LogP contribution >= 0.6 is 11.3 Å². The maximum Gasteiger partial charge on any atom is 0.0895 e. The third-order valence-corrected chi connectivity index (χ3v) is 4.09. The molecule has 1 nitrogen and oxygen atoms in total. The van der Waals surface area contributed by atoms with Crippen molar-refractivity contribution in [1.82, 2.24) is 4.98 Å². The number of hydrogen-bond donors (Lipinski definition) is 0. The summed E-state index contributed by atoms with van der Waals surface area (Å²) >= 11 is 1.75. The molecular formula is C16H13NS. The Kier molecular flexibility index (Phi) is 2.73. The molecule has 0 bridgehead atoms. The second-order valence-corrected chi connectivity index (χ2v) is 5.20. The van der Waals surface area contributed by atoms with E-state index in [9.17, 15) is 0 Å². The molecule has 0 unspecified atom stereocenters. The van der Waals surface area contributed by atoms with Crippen LogP contribution < -0.4 is 0 Å². The number of fused-ring (bicyclic) bond motifs is 2. The van der Waals surface area contributed by atoms with E-state index >= 15 is 0 Å². The van der Waals surface area contributed by atoms with Crippen molar-refractivity contribution in [3.05, 3.63) is 53.4 Å². The predicted octanol–water partition coefficient (Wildman–Crippen LogP) is 5.13. The van der Waals surface area contributed by atoms with Gasteiger partial charge in [-0.3, -0.25) is 0 Å². The summed E-state index contributed by atoms with van der Waals surface area (Å²) < 4.78 is 1.22. The van der Waals surface area contributed by atoms with E-state index in [4.69, 9.17) is 4.98 Å². The number of pyridine rings is 1. The minimum absolute atomic E-state index is 1.05. The van der Waals surface area contributed by atoms with Crippen LogP contribution in [0.4, 0.5) is 0 Å². The van der Waals surface area contributed by atoms with E-state index < -0.39 is 0 Å². The first-order valence-electron chi connectivity index (χ1n) is 5.91. The molecule has 0 fully saturated rings. The van der Waals surface area contributed by atoms with Gasteiger partial charge in [0.2, 0.25) is 0 Å². The molecule has 18 heavy (non-hydrogen) atoms. The maximum absolute atomic E-state index is 4.78. The highest BCUT2D eigenvalue weighted by Gasteiger charge is 2.09. The first kappa shape index (κ1) is 11.2. The normalized spacial score (nSPS) is 11.6. The monoisotopic (exact) mass is 251 g/mol. The molecule has 0 aliphatic rings. The average molecular weight is 251 g/mol. The maximum atomic E-state index is 4.78. The molecule has 0 saturated carbocycles. The third kappa shape index (κ3) is 1.66. The Balaban J connectivity index is 2.44. The van der Waals surface area contributed by atoms with E-state index in [0.29, 0.717) is 0 Å². The van der Waals surface area contributed by atoms with Gasteiger partial charge in [-0.1, -0.05) is 43.0 Å². The van der Waals surface area contributed by atoms with Crippen molar-refractivity contribution in [2.75, 3.05) is 0 Å². The smallest absolute Gasteiger partial charge is 0.0895 e. The van der Waals surface area contributed by atoms with E-state index in [1.54, 1.807) is 11.3 Å². The lowest BCUT2D eigenvalue weighted by Crippen LogP contribution is -1.80. The summed E-state index contributed by atoms with van der Waals surface area (Å²) in [6, 6.07) is 10.4. The Hall–Kier alpha value is -1.93. The van der Waals surface area contributed by atoms with E-state index in [2.05, 4.69) is 30.9 Å². The fraction of sp³-hybridized carbons (Fsp3) is 0.0625. The summed E-state index contributed by atoms with van der Waals surface area (Å²) in [5.41, 5.74) is 3.30. The average Bonchev–Trinajstić information content (AvgIpc) is 2.74. The fourth-order valence-electron chi connectivity index (χ4n) is 2.14. The number of para-hydroxylation sites is 1. The summed E-state index contributed by atoms with van der Waals surface area (Å²) in [7, 11) is 0. The summed E-state index contributed by atoms with van der Waals surface area (Å²) in [5.74, 6) is 0. The van der Waals surface area contributed by atoms with Crippen molar-refractivity contribution in [2.45, 2.75) is 6.92 Å². The van der Waals surface area contributed by atoms with Crippen LogP contribution in [0.15, 0.2) is 43.0 Å². The van der Waals surface area contributed by atoms with Crippen LogP contribution in [0.2, 0.25) is 0 Å². The van der Waals surface area contributed by atoms with Gasteiger partial charge in [0.05, 0.1) is 15.7 Å². The van der Waals surface area contributed by atoms with Crippen LogP contribution in [0, 0.1) is 0 Å². The molecule has 88 valence electrons. The van der Waals surface area contributed by atoms with Gasteiger partial charge in [0.1, 0.15) is 0 Å². The van der Waals surface area contributed by atoms with Gasteiger partial charge in [0.25, 0.3) is 0 Å². The molecule has 2 aromatic heterocycles. The van der Waals surface area contributed by atoms with Gasteiger partial charge in [-0.25, -0.2) is 4.98 Å². The number of thiophene rings is 1. The lowest BCUT2D eigenvalue weighted by Gasteiger charge is -1.98. The zero-order valence-corrected chi connectivity index (χ0v) is 11.0. The molecule has 0 saturated heterocycles. The second kappa shape index (κ2) is 4.39. The Morgan fingerprint density at radius 2 is 2.11 bits per heavy atom. The van der Waals surface area contributed by atoms with Crippen molar-refractivity contribution in [3.8, 4) is 0 Å². The van der Waals surface area contributed by atoms with Gasteiger partial charge in [0.15, 0.2) is 0 Å². The lowest BCUT2D eigenvalue weighted by atomic mass is 10.1. The Bertz CT molecular complexity index is 765. The number of benzene rings is 1. The Morgan fingerprint density at radius 3 is 2.89 bits per heavy atom. The van der Waals surface area contributed by atoms with E-state index in [1.807, 2.05) is 31.2 Å². The second-order valence-electron chi connectivity index (χ2n) is 4.11. The number of rotatable bonds is 2. The van der Waals surface area contributed by atoms with Crippen LogP contribution in [0.3, 0.4) is 0 Å². The highest BCUT2D eigenvalue weighted by Crippen LogP contribution is 2.33. The number of allylic oxidation sites excluding steroid dienone is 1. The van der Waals surface area contributed by atoms with Crippen molar-refractivity contribution >= 4 is 44.6 Å². The molecule has 0 radical (unpaired) electrons. The van der Waals surface area contributed by atoms with Crippen molar-refractivity contribution in [1.29, 1.82) is 0 Å². The van der Waals surface area contributed by atoms with Crippen molar-refractivity contribution < 1.29 is 0 Å². The van der Waals surface area contributed by atoms with Gasteiger partial charge in [-0.2, -0.15) is 0 Å². The molecule has 3 aromatic rings. The van der Waals surface area contributed by atoms with Gasteiger partial charge in [0, 0.05) is 15.8 Å². The first-order chi connectivity index (χ1) is 8.83. The zero-order valence-electron chi connectivity index (χ0n) is 10.2. The molecule has 1 aromatic carbocycles. The third-order valence-electron chi connectivity index (χ3n) is 2.95. The fourth-order valence-corrected chi connectivity index (χ4v) is 3.17. The molecular weight excluding hydrogens is 238 g/mol. The standard InChI is InChI=1S/C16H13NS/c1-3-7-12-14(4-2)18-15-10-11-8-5-6-9-13(11)17-16(12)15/h3-10H,2H2,1H3/b7-3-. The van der Waals surface area contributed by atoms with Gasteiger partial charge < -0.3 is 0 Å². The molecule has 0 aliphatic heterocycles. The Labute approximate surface area is 110 Å². The van der Waals surface area contributed by atoms with Crippen LogP contribution in [-0.2, 0) is 0 Å². The summed E-state index contributed by atoms with van der Waals surface area (Å²) in [5, 5.41) is 1.19. The summed E-state index contributed by atoms with van der Waals surface area (Å²) in [4.78, 5) is 5.96. The lowest BCUT2D eigenvalue weighted by molar-refractivity contribution is 1.51. The SMILES string of the molecule is C=Cc1sc2cc3ccccc3nc2c1/C=C\C. The van der Waals surface area contributed by atoms with Crippen LogP contribution in [0.1, 0.15) is 17.4 Å². The molecule has 0 N–H and O–H groups in total. The van der Waals surface area contributed by atoms with Crippen LogP contribution in [0.25, 0.3) is 33.3 Å². The Morgan fingerprint density at radius 1 is 1.28 bits per heavy atom. The predicted molar refractivity (Wildman–Crippen MR) is 81.9 cm³/mol. The highest BCUT2D eigenvalue weighted by molar-refractivity contribution is 7.20. The van der Waals surface area contributed by atoms with Gasteiger partial charge >= 0.3 is 0 Å². The molecule has 0 amide bonds. The molecule has 0 aliphatic carbocycles. The minimum Gasteiger partial charge on any atom is -0.246 e. The van der Waals surface area contributed by atoms with E-state index in [-0.39, 0.29) is 0 Å². The van der Waals surface area contributed by atoms with E-state index in [1.165, 1.54) is 20.5 Å². The molecule has 3 rings (SSSR count). The number of hydrogen-bond acceptors (Lipinski definition) is 2. The van der Waals surface area contributed by atoms with Crippen molar-refractivity contribution in [2.24, 2.45) is 0 Å². The summed E-state index contributed by atoms with van der Waals surface area (Å²) in [6.07, 6.45) is 6.06. The molecule has 2 heteroatoms. The van der Waals surface area contributed by atoms with Crippen LogP contribution in [-0.4, -0.2) is 4.98 Å². The molecule has 2 heterocycles. The number of nitrogens with zero attached hydrogens (tertiary/aromatic N) is 1. The van der Waals surface area contributed by atoms with Crippen molar-refractivity contribution in [3.63, 3.8) is 0 Å². The highest BCUT2D eigenvalue weighted by atomic mass is 32.1. The van der Waals surface area contributed by atoms with E-state index in [0.717, 1.165) is 11.0 Å². The topological polar surface area (TPSA) is 12.9 Å². The number of aromatic nitrogens is 1. The first-order valence-corrected chi connectivity index (χ1v) is 6.72. The molecule has 0 atom stereocenters. The summed E-state index contributed by atoms with van der Waals surface area (Å²) in [6.45, 7) is 5.91. The van der Waals surface area contributed by atoms with Gasteiger partial charge in [-0.05, 0) is 19.1 Å². The van der Waals surface area contributed by atoms with Crippen LogP contribution in [0.5, 0.6) is 0 Å². The van der Waals surface area contributed by atoms with Gasteiger partial charge in [-0.15, -0.1) is 11.3 Å². The minimum atomic E-state index is 1.05. The molecule has 0 spiro atoms.